The zero-order valence-corrected chi connectivity index (χ0v) is 21.3. The van der Waals surface area contributed by atoms with Crippen LogP contribution in [0.15, 0.2) is 54.6 Å². The molecule has 0 unspecified atom stereocenters. The molecule has 0 saturated heterocycles. The Morgan fingerprint density at radius 2 is 0.500 bits per heavy atom. The molecule has 0 bridgehead atoms. The van der Waals surface area contributed by atoms with Gasteiger partial charge in [-0.3, -0.25) is 0 Å². The molecule has 6 rings (SSSR count). The molecule has 0 saturated carbocycles. The van der Waals surface area contributed by atoms with E-state index in [0.717, 1.165) is 36.4 Å². The van der Waals surface area contributed by atoms with Gasteiger partial charge in [-0.15, -0.1) is 0 Å². The Bertz CT molecular complexity index is 1990. The second-order valence-electron chi connectivity index (χ2n) is 10.0. The molecule has 0 amide bonds. The van der Waals surface area contributed by atoms with Gasteiger partial charge in [0.15, 0.2) is 76.2 Å². The lowest BCUT2D eigenvalue weighted by atomic mass is 9.28. The van der Waals surface area contributed by atoms with E-state index in [0.29, 0.717) is 18.2 Å². The van der Waals surface area contributed by atoms with E-state index in [1.165, 1.54) is 0 Å². The molecule has 6 aromatic carbocycles. The maximum Gasteiger partial charge on any atom is 0.198 e. The lowest BCUT2D eigenvalue weighted by molar-refractivity contribution is 0.418. The molecule has 0 aromatic heterocycles. The van der Waals surface area contributed by atoms with Gasteiger partial charge < -0.3 is 5.02 Å². The summed E-state index contributed by atoms with van der Waals surface area (Å²) in [7, 11) is 0. The van der Waals surface area contributed by atoms with Crippen molar-refractivity contribution in [2.75, 3.05) is 0 Å². The Hall–Kier alpha value is -4.72. The number of halogens is 12. The summed E-state index contributed by atoms with van der Waals surface area (Å²) in [6.07, 6.45) is -3.81. The van der Waals surface area contributed by atoms with Crippen LogP contribution >= 0.6 is 0 Å². The molecule has 44 heavy (non-hydrogen) atoms. The topological polar surface area (TPSA) is 20.2 Å². The first-order valence-electron chi connectivity index (χ1n) is 12.4. The van der Waals surface area contributed by atoms with Crippen molar-refractivity contribution >= 4 is 55.1 Å². The molecule has 6 aromatic rings. The van der Waals surface area contributed by atoms with Crippen LogP contribution in [0.2, 0.25) is 0 Å². The van der Waals surface area contributed by atoms with Gasteiger partial charge in [0.25, 0.3) is 0 Å². The fourth-order valence-electron chi connectivity index (χ4n) is 5.45. The van der Waals surface area contributed by atoms with Gasteiger partial charge in [0.1, 0.15) is 0 Å². The molecule has 0 radical (unpaired) electrons. The normalized spacial score (nSPS) is 12.2. The Balaban J connectivity index is 1.73. The largest absolute Gasteiger partial charge is 0.594 e. The van der Waals surface area contributed by atoms with E-state index in [9.17, 15) is 57.7 Å². The Kier molecular flexibility index (Phi) is 6.61. The summed E-state index contributed by atoms with van der Waals surface area (Å²) in [6.45, 7) is 0. The molecule has 14 heteroatoms. The summed E-state index contributed by atoms with van der Waals surface area (Å²) in [4.78, 5) is 0. The van der Waals surface area contributed by atoms with E-state index >= 15 is 0 Å². The second kappa shape index (κ2) is 9.91. The van der Waals surface area contributed by atoms with Crippen molar-refractivity contribution in [1.29, 1.82) is 0 Å². The fourth-order valence-corrected chi connectivity index (χ4v) is 5.45. The second-order valence-corrected chi connectivity index (χ2v) is 10.0. The van der Waals surface area contributed by atoms with Gasteiger partial charge in [0, 0.05) is 32.3 Å². The van der Waals surface area contributed by atoms with E-state index in [4.69, 9.17) is 0 Å². The molecule has 0 heterocycles. The highest BCUT2D eigenvalue weighted by molar-refractivity contribution is 7.06. The molecule has 224 valence electrons. The van der Waals surface area contributed by atoms with Crippen LogP contribution in [0.1, 0.15) is 0 Å². The summed E-state index contributed by atoms with van der Waals surface area (Å²) in [5.41, 5.74) is -1.52. The minimum atomic E-state index is -3.81. The Labute approximate surface area is 237 Å². The number of benzene rings is 6. The van der Waals surface area contributed by atoms with E-state index in [1.54, 1.807) is 0 Å². The highest BCUT2D eigenvalue weighted by Gasteiger charge is 2.32. The first-order valence-corrected chi connectivity index (χ1v) is 12.4. The molecule has 0 atom stereocenters. The maximum atomic E-state index is 14.8. The molecule has 1 N–H and O–H groups in total. The van der Waals surface area contributed by atoms with Crippen molar-refractivity contribution in [3.63, 3.8) is 0 Å². The van der Waals surface area contributed by atoms with Gasteiger partial charge in [0.2, 0.25) is 0 Å². The van der Waals surface area contributed by atoms with Crippen molar-refractivity contribution < 1.29 is 57.7 Å². The molecule has 0 aliphatic carbocycles. The third kappa shape index (κ3) is 3.89. The smallest absolute Gasteiger partial charge is 0.198 e. The molecular weight excluding hydrogens is 615 g/mol. The molecule has 0 spiro atoms. The standard InChI is InChI=1S/C30H10BF12O/c32-19-13-4-1-10(7-16(13)22(35)28(41)25(19)38)31(44,11-2-5-14-17(8-11)23(36)29(42)26(39)20(14)33)12-3-6-15-18(9-12)24(37)30(43)27(40)21(15)34/h1-9,44H/q-1. The van der Waals surface area contributed by atoms with Gasteiger partial charge in [-0.05, 0) is 0 Å². The Morgan fingerprint density at radius 1 is 0.295 bits per heavy atom. The summed E-state index contributed by atoms with van der Waals surface area (Å²) >= 11 is 0. The summed E-state index contributed by atoms with van der Waals surface area (Å²) in [6, 6.07) is 6.75. The van der Waals surface area contributed by atoms with Crippen LogP contribution in [0.3, 0.4) is 0 Å². The molecule has 0 aliphatic rings. The molecule has 0 aliphatic heterocycles. The predicted octanol–water partition coefficient (Wildman–Crippen LogP) is 6.77. The van der Waals surface area contributed by atoms with Crippen LogP contribution in [0, 0.1) is 69.8 Å². The minimum Gasteiger partial charge on any atom is -0.594 e. The van der Waals surface area contributed by atoms with Gasteiger partial charge >= 0.3 is 0 Å². The highest BCUT2D eigenvalue weighted by Crippen LogP contribution is 2.30. The first-order chi connectivity index (χ1) is 20.7. The quantitative estimate of drug-likeness (QED) is 0.0997. The van der Waals surface area contributed by atoms with Gasteiger partial charge in [-0.25, -0.2) is 52.7 Å². The third-order valence-corrected chi connectivity index (χ3v) is 7.73. The van der Waals surface area contributed by atoms with Crippen molar-refractivity contribution in [3.05, 3.63) is 124 Å². The fraction of sp³-hybridized carbons (Fsp3) is 0. The van der Waals surface area contributed by atoms with Crippen LogP contribution in [0.5, 0.6) is 0 Å². The lowest BCUT2D eigenvalue weighted by Crippen LogP contribution is -2.67. The van der Waals surface area contributed by atoms with Gasteiger partial charge in [-0.2, -0.15) is 16.4 Å². The van der Waals surface area contributed by atoms with E-state index in [1.807, 2.05) is 0 Å². The van der Waals surface area contributed by atoms with Crippen molar-refractivity contribution in [2.45, 2.75) is 0 Å². The van der Waals surface area contributed by atoms with E-state index < -0.39 is 125 Å². The number of hydrogen-bond acceptors (Lipinski definition) is 1. The highest BCUT2D eigenvalue weighted by atomic mass is 19.2. The van der Waals surface area contributed by atoms with Gasteiger partial charge in [0.05, 0.1) is 0 Å². The molecule has 0 fully saturated rings. The van der Waals surface area contributed by atoms with Crippen LogP contribution in [0.4, 0.5) is 52.7 Å². The number of rotatable bonds is 3. The summed E-state index contributed by atoms with van der Waals surface area (Å²) in [5.74, 6) is -24.2. The van der Waals surface area contributed by atoms with Crippen LogP contribution < -0.4 is 16.4 Å². The zero-order valence-electron chi connectivity index (χ0n) is 21.3. The number of hydrogen-bond donors (Lipinski definition) is 1. The summed E-state index contributed by atoms with van der Waals surface area (Å²) in [5, 5.41) is 7.12. The van der Waals surface area contributed by atoms with Crippen LogP contribution in [0.25, 0.3) is 32.3 Å². The lowest BCUT2D eigenvalue weighted by Gasteiger charge is -2.38. The maximum absolute atomic E-state index is 14.8. The van der Waals surface area contributed by atoms with E-state index in [-0.39, 0.29) is 0 Å². The zero-order chi connectivity index (χ0) is 32.0. The Morgan fingerprint density at radius 3 is 0.727 bits per heavy atom. The molecular formula is C30H10BF12O-. The van der Waals surface area contributed by atoms with Crippen molar-refractivity contribution in [2.24, 2.45) is 0 Å². The summed E-state index contributed by atoms with van der Waals surface area (Å²) < 4.78 is 172. The molecule has 1 nitrogen and oxygen atoms in total. The first kappa shape index (κ1) is 29.4. The predicted molar refractivity (Wildman–Crippen MR) is 138 cm³/mol. The monoisotopic (exact) mass is 625 g/mol. The van der Waals surface area contributed by atoms with Crippen molar-refractivity contribution in [3.8, 4) is 0 Å². The third-order valence-electron chi connectivity index (χ3n) is 7.73. The minimum absolute atomic E-state index is 0.507. The van der Waals surface area contributed by atoms with Crippen LogP contribution in [-0.2, 0) is 0 Å². The van der Waals surface area contributed by atoms with Crippen LogP contribution in [-0.4, -0.2) is 11.4 Å². The van der Waals surface area contributed by atoms with Gasteiger partial charge in [-0.1, -0.05) is 54.6 Å². The average molecular weight is 625 g/mol. The van der Waals surface area contributed by atoms with E-state index in [2.05, 4.69) is 0 Å². The average Bonchev–Trinajstić information content (AvgIpc) is 3.04. The van der Waals surface area contributed by atoms with Crippen molar-refractivity contribution in [1.82, 2.24) is 0 Å². The SMILES string of the molecule is O[B-](c1ccc2c(F)c(F)c(F)c(F)c2c1)(c1ccc2c(F)c(F)c(F)c(F)c2c1)c1ccc2c(F)c(F)c(F)c(F)c2c1. The number of fused-ring (bicyclic) bond motifs is 3.